The Morgan fingerprint density at radius 1 is 1.45 bits per heavy atom. The van der Waals surface area contributed by atoms with E-state index >= 15 is 0 Å². The zero-order valence-corrected chi connectivity index (χ0v) is 13.9. The van der Waals surface area contributed by atoms with Crippen molar-refractivity contribution in [3.8, 4) is 10.6 Å². The second kappa shape index (κ2) is 6.99. The molecule has 0 aliphatic rings. The summed E-state index contributed by atoms with van der Waals surface area (Å²) in [5.74, 6) is 0.497. The Kier molecular flexibility index (Phi) is 5.31. The summed E-state index contributed by atoms with van der Waals surface area (Å²) >= 11 is 5.02. The fourth-order valence-corrected chi connectivity index (χ4v) is 2.90. The first-order valence-electron chi connectivity index (χ1n) is 6.51. The van der Waals surface area contributed by atoms with E-state index in [1.54, 1.807) is 11.3 Å². The summed E-state index contributed by atoms with van der Waals surface area (Å²) in [6.07, 6.45) is 0.344. The number of rotatable bonds is 5. The number of thiazole rings is 1. The minimum atomic E-state index is 0.0322. The van der Waals surface area contributed by atoms with Gasteiger partial charge in [0, 0.05) is 22.0 Å². The number of carbonyl (C=O) groups excluding carboxylic acids is 1. The van der Waals surface area contributed by atoms with Crippen LogP contribution in [0, 0.1) is 5.92 Å². The third-order valence-electron chi connectivity index (χ3n) is 2.67. The SMILES string of the molecule is CC(C)CNC(=O)Cc1csc(-c2cccc(Br)c2)n1. The van der Waals surface area contributed by atoms with Gasteiger partial charge in [0.05, 0.1) is 12.1 Å². The predicted molar refractivity (Wildman–Crippen MR) is 86.8 cm³/mol. The fraction of sp³-hybridized carbons (Fsp3) is 0.333. The van der Waals surface area contributed by atoms with Gasteiger partial charge in [-0.2, -0.15) is 0 Å². The van der Waals surface area contributed by atoms with Crippen molar-refractivity contribution in [1.82, 2.24) is 10.3 Å². The van der Waals surface area contributed by atoms with Crippen molar-refractivity contribution in [3.05, 3.63) is 39.8 Å². The number of nitrogens with zero attached hydrogens (tertiary/aromatic N) is 1. The molecular formula is C15H17BrN2OS. The maximum atomic E-state index is 11.8. The predicted octanol–water partition coefficient (Wildman–Crippen LogP) is 3.89. The molecule has 0 saturated carbocycles. The van der Waals surface area contributed by atoms with Crippen LogP contribution in [0.1, 0.15) is 19.5 Å². The summed E-state index contributed by atoms with van der Waals surface area (Å²) in [5.41, 5.74) is 1.89. The minimum absolute atomic E-state index is 0.0322. The van der Waals surface area contributed by atoms with Crippen molar-refractivity contribution in [2.24, 2.45) is 5.92 Å². The number of nitrogens with one attached hydrogen (secondary N) is 1. The average Bonchev–Trinajstić information content (AvgIpc) is 2.85. The highest BCUT2D eigenvalue weighted by Crippen LogP contribution is 2.26. The molecule has 0 spiro atoms. The van der Waals surface area contributed by atoms with Crippen LogP contribution in [0.3, 0.4) is 0 Å². The van der Waals surface area contributed by atoms with Crippen LogP contribution in [0.15, 0.2) is 34.1 Å². The highest BCUT2D eigenvalue weighted by atomic mass is 79.9. The van der Waals surface area contributed by atoms with E-state index in [1.807, 2.05) is 29.6 Å². The topological polar surface area (TPSA) is 42.0 Å². The molecule has 0 saturated heterocycles. The summed E-state index contributed by atoms with van der Waals surface area (Å²) in [6, 6.07) is 8.01. The molecule has 0 aliphatic heterocycles. The fourth-order valence-electron chi connectivity index (χ4n) is 1.69. The van der Waals surface area contributed by atoms with E-state index in [-0.39, 0.29) is 5.91 Å². The van der Waals surface area contributed by atoms with E-state index in [4.69, 9.17) is 0 Å². The van der Waals surface area contributed by atoms with Gasteiger partial charge in [-0.3, -0.25) is 4.79 Å². The van der Waals surface area contributed by atoms with E-state index in [9.17, 15) is 4.79 Å². The Morgan fingerprint density at radius 2 is 2.25 bits per heavy atom. The van der Waals surface area contributed by atoms with Crippen molar-refractivity contribution in [2.45, 2.75) is 20.3 Å². The molecule has 1 aromatic carbocycles. The molecule has 0 bridgehead atoms. The van der Waals surface area contributed by atoms with E-state index in [0.29, 0.717) is 18.9 Å². The number of amides is 1. The molecule has 0 aliphatic carbocycles. The van der Waals surface area contributed by atoms with Crippen LogP contribution in [0.5, 0.6) is 0 Å². The highest BCUT2D eigenvalue weighted by Gasteiger charge is 2.09. The van der Waals surface area contributed by atoms with Gasteiger partial charge < -0.3 is 5.32 Å². The van der Waals surface area contributed by atoms with Crippen molar-refractivity contribution >= 4 is 33.2 Å². The van der Waals surface area contributed by atoms with Crippen LogP contribution in [-0.4, -0.2) is 17.4 Å². The van der Waals surface area contributed by atoms with Gasteiger partial charge in [-0.15, -0.1) is 11.3 Å². The lowest BCUT2D eigenvalue weighted by Gasteiger charge is -2.06. The maximum Gasteiger partial charge on any atom is 0.226 e. The molecule has 2 rings (SSSR count). The minimum Gasteiger partial charge on any atom is -0.356 e. The molecule has 0 radical (unpaired) electrons. The van der Waals surface area contributed by atoms with Crippen molar-refractivity contribution < 1.29 is 4.79 Å². The molecule has 2 aromatic rings. The molecule has 5 heteroatoms. The first kappa shape index (κ1) is 15.2. The van der Waals surface area contributed by atoms with E-state index in [1.165, 1.54) is 0 Å². The third kappa shape index (κ3) is 4.42. The molecule has 3 nitrogen and oxygen atoms in total. The van der Waals surface area contributed by atoms with Crippen LogP contribution in [0.4, 0.5) is 0 Å². The first-order valence-corrected chi connectivity index (χ1v) is 8.19. The van der Waals surface area contributed by atoms with Gasteiger partial charge in [0.15, 0.2) is 0 Å². The number of hydrogen-bond donors (Lipinski definition) is 1. The molecule has 1 aromatic heterocycles. The summed E-state index contributed by atoms with van der Waals surface area (Å²) < 4.78 is 1.03. The summed E-state index contributed by atoms with van der Waals surface area (Å²) in [7, 11) is 0. The monoisotopic (exact) mass is 352 g/mol. The second-order valence-electron chi connectivity index (χ2n) is 5.03. The van der Waals surface area contributed by atoms with Crippen molar-refractivity contribution in [1.29, 1.82) is 0 Å². The van der Waals surface area contributed by atoms with Crippen LogP contribution in [0.25, 0.3) is 10.6 Å². The quantitative estimate of drug-likeness (QED) is 0.886. The third-order valence-corrected chi connectivity index (χ3v) is 4.11. The average molecular weight is 353 g/mol. The Balaban J connectivity index is 2.00. The highest BCUT2D eigenvalue weighted by molar-refractivity contribution is 9.10. The molecule has 0 fully saturated rings. The Bertz CT molecular complexity index is 595. The number of benzene rings is 1. The van der Waals surface area contributed by atoms with Crippen LogP contribution < -0.4 is 5.32 Å². The van der Waals surface area contributed by atoms with Gasteiger partial charge >= 0.3 is 0 Å². The van der Waals surface area contributed by atoms with E-state index < -0.39 is 0 Å². The molecule has 0 atom stereocenters. The van der Waals surface area contributed by atoms with Crippen molar-refractivity contribution in [3.63, 3.8) is 0 Å². The van der Waals surface area contributed by atoms with E-state index in [2.05, 4.69) is 40.1 Å². The lowest BCUT2D eigenvalue weighted by molar-refractivity contribution is -0.120. The Labute approximate surface area is 131 Å². The number of halogens is 1. The molecule has 1 heterocycles. The summed E-state index contributed by atoms with van der Waals surface area (Å²) in [5, 5.41) is 5.80. The first-order chi connectivity index (χ1) is 9.54. The van der Waals surface area contributed by atoms with Crippen molar-refractivity contribution in [2.75, 3.05) is 6.54 Å². The lowest BCUT2D eigenvalue weighted by atomic mass is 10.2. The van der Waals surface area contributed by atoms with Gasteiger partial charge in [-0.25, -0.2) is 4.98 Å². The van der Waals surface area contributed by atoms with Crippen LogP contribution >= 0.6 is 27.3 Å². The largest absolute Gasteiger partial charge is 0.356 e. The zero-order chi connectivity index (χ0) is 14.5. The Hall–Kier alpha value is -1.20. The number of carbonyl (C=O) groups is 1. The molecule has 20 heavy (non-hydrogen) atoms. The molecule has 1 amide bonds. The van der Waals surface area contributed by atoms with Gasteiger partial charge in [0.1, 0.15) is 5.01 Å². The second-order valence-corrected chi connectivity index (χ2v) is 6.80. The van der Waals surface area contributed by atoms with Gasteiger partial charge in [-0.1, -0.05) is 41.9 Å². The van der Waals surface area contributed by atoms with Gasteiger partial charge in [0.2, 0.25) is 5.91 Å². The molecular weight excluding hydrogens is 336 g/mol. The smallest absolute Gasteiger partial charge is 0.226 e. The normalized spacial score (nSPS) is 10.8. The molecule has 0 unspecified atom stereocenters. The summed E-state index contributed by atoms with van der Waals surface area (Å²) in [6.45, 7) is 4.87. The Morgan fingerprint density at radius 3 is 2.95 bits per heavy atom. The zero-order valence-electron chi connectivity index (χ0n) is 11.5. The van der Waals surface area contributed by atoms with Crippen LogP contribution in [0.2, 0.25) is 0 Å². The lowest BCUT2D eigenvalue weighted by Crippen LogP contribution is -2.28. The molecule has 106 valence electrons. The number of hydrogen-bond acceptors (Lipinski definition) is 3. The number of aromatic nitrogens is 1. The van der Waals surface area contributed by atoms with E-state index in [0.717, 1.165) is 20.7 Å². The van der Waals surface area contributed by atoms with Gasteiger partial charge in [-0.05, 0) is 18.1 Å². The molecule has 1 N–H and O–H groups in total. The standard InChI is InChI=1S/C15H17BrN2OS/c1-10(2)8-17-14(19)7-13-9-20-15(18-13)11-4-3-5-12(16)6-11/h3-6,9-10H,7-8H2,1-2H3,(H,17,19). The summed E-state index contributed by atoms with van der Waals surface area (Å²) in [4.78, 5) is 16.3. The van der Waals surface area contributed by atoms with Crippen LogP contribution in [-0.2, 0) is 11.2 Å². The maximum absolute atomic E-state index is 11.8. The van der Waals surface area contributed by atoms with Gasteiger partial charge in [0.25, 0.3) is 0 Å².